The van der Waals surface area contributed by atoms with E-state index in [1.165, 1.54) is 19.1 Å². The predicted octanol–water partition coefficient (Wildman–Crippen LogP) is 4.41. The number of rotatable bonds is 6. The molecule has 0 bridgehead atoms. The van der Waals surface area contributed by atoms with Gasteiger partial charge in [0, 0.05) is 37.7 Å². The molecule has 8 heteroatoms. The number of carboxylic acid groups (broad SMARTS) is 1. The van der Waals surface area contributed by atoms with Gasteiger partial charge in [-0.1, -0.05) is 36.4 Å². The minimum absolute atomic E-state index is 0.0458. The van der Waals surface area contributed by atoms with Gasteiger partial charge in [-0.25, -0.2) is 9.78 Å². The number of benzene rings is 2. The first kappa shape index (κ1) is 23.2. The van der Waals surface area contributed by atoms with E-state index in [9.17, 15) is 14.7 Å². The molecule has 3 heterocycles. The Bertz CT molecular complexity index is 1220. The molecule has 1 fully saturated rings. The second kappa shape index (κ2) is 9.98. The number of amides is 1. The predicted molar refractivity (Wildman–Crippen MR) is 134 cm³/mol. The van der Waals surface area contributed by atoms with Crippen molar-refractivity contribution in [1.82, 2.24) is 14.5 Å². The van der Waals surface area contributed by atoms with Crippen LogP contribution in [-0.2, 0) is 29.0 Å². The molecule has 35 heavy (non-hydrogen) atoms. The third-order valence-corrected chi connectivity index (χ3v) is 7.27. The molecule has 0 saturated carbocycles. The van der Waals surface area contributed by atoms with Gasteiger partial charge in [0.05, 0.1) is 31.1 Å². The summed E-state index contributed by atoms with van der Waals surface area (Å²) in [5, 5.41) is 9.68. The zero-order valence-corrected chi connectivity index (χ0v) is 20.2. The Kier molecular flexibility index (Phi) is 6.61. The van der Waals surface area contributed by atoms with Gasteiger partial charge in [0.15, 0.2) is 0 Å². The third kappa shape index (κ3) is 4.70. The smallest absolute Gasteiger partial charge is 0.409 e. The Hall–Kier alpha value is -3.55. The molecule has 3 aromatic rings. The summed E-state index contributed by atoms with van der Waals surface area (Å²) in [6.07, 6.45) is 3.94. The number of carboxylic acids is 1. The fourth-order valence-electron chi connectivity index (χ4n) is 5.46. The number of piperidine rings is 1. The van der Waals surface area contributed by atoms with E-state index >= 15 is 0 Å². The van der Waals surface area contributed by atoms with Crippen LogP contribution in [0.25, 0.3) is 11.0 Å². The highest BCUT2D eigenvalue weighted by Crippen LogP contribution is 2.34. The minimum Gasteiger partial charge on any atom is -0.481 e. The number of methoxy groups -OCH3 is 1. The van der Waals surface area contributed by atoms with Crippen LogP contribution in [0.4, 0.5) is 10.7 Å². The Labute approximate surface area is 205 Å². The molecule has 1 atom stereocenters. The molecule has 0 unspecified atom stereocenters. The number of aromatic nitrogens is 2. The van der Waals surface area contributed by atoms with Crippen LogP contribution in [-0.4, -0.2) is 58.4 Å². The first-order valence-corrected chi connectivity index (χ1v) is 12.4. The highest BCUT2D eigenvalue weighted by molar-refractivity contribution is 5.84. The van der Waals surface area contributed by atoms with Crippen molar-refractivity contribution >= 4 is 29.0 Å². The van der Waals surface area contributed by atoms with Crippen molar-refractivity contribution in [3.05, 3.63) is 59.2 Å². The quantitative estimate of drug-likeness (QED) is 0.567. The molecule has 1 aromatic heterocycles. The van der Waals surface area contributed by atoms with Crippen molar-refractivity contribution in [2.75, 3.05) is 31.6 Å². The highest BCUT2D eigenvalue weighted by Gasteiger charge is 2.28. The van der Waals surface area contributed by atoms with Gasteiger partial charge in [0.2, 0.25) is 5.95 Å². The molecule has 2 aliphatic heterocycles. The van der Waals surface area contributed by atoms with Crippen LogP contribution in [0.2, 0.25) is 0 Å². The van der Waals surface area contributed by atoms with Gasteiger partial charge in [0.1, 0.15) is 0 Å². The normalized spacial score (nSPS) is 16.7. The summed E-state index contributed by atoms with van der Waals surface area (Å²) in [6.45, 7) is 3.49. The molecule has 0 aliphatic carbocycles. The molecular formula is C27H32N4O4. The van der Waals surface area contributed by atoms with Crippen molar-refractivity contribution in [1.29, 1.82) is 0 Å². The Balaban J connectivity index is 1.61. The highest BCUT2D eigenvalue weighted by atomic mass is 16.5. The fourth-order valence-corrected chi connectivity index (χ4v) is 5.46. The third-order valence-electron chi connectivity index (χ3n) is 7.27. The largest absolute Gasteiger partial charge is 0.481 e. The maximum absolute atomic E-state index is 12.3. The van der Waals surface area contributed by atoms with E-state index in [2.05, 4.69) is 21.6 Å². The number of ether oxygens (including phenoxy) is 1. The molecule has 8 nitrogen and oxygen atoms in total. The summed E-state index contributed by atoms with van der Waals surface area (Å²) in [6, 6.07) is 14.1. The number of fused-ring (bicyclic) bond motifs is 3. The lowest BCUT2D eigenvalue weighted by Gasteiger charge is -2.29. The number of imidazole rings is 1. The molecule has 2 aromatic carbocycles. The van der Waals surface area contributed by atoms with E-state index in [0.29, 0.717) is 19.6 Å². The van der Waals surface area contributed by atoms with Crippen LogP contribution < -0.4 is 4.90 Å². The zero-order chi connectivity index (χ0) is 24.4. The molecule has 0 spiro atoms. The Morgan fingerprint density at radius 2 is 1.83 bits per heavy atom. The van der Waals surface area contributed by atoms with Crippen LogP contribution >= 0.6 is 0 Å². The van der Waals surface area contributed by atoms with Crippen molar-refractivity contribution in [2.45, 2.75) is 51.1 Å². The van der Waals surface area contributed by atoms with E-state index in [4.69, 9.17) is 9.72 Å². The molecular weight excluding hydrogens is 444 g/mol. The van der Waals surface area contributed by atoms with Gasteiger partial charge >= 0.3 is 12.1 Å². The number of carbonyl (C=O) groups is 2. The average Bonchev–Trinajstić information content (AvgIpc) is 3.27. The van der Waals surface area contributed by atoms with Gasteiger partial charge in [-0.2, -0.15) is 0 Å². The lowest BCUT2D eigenvalue weighted by atomic mass is 9.95. The van der Waals surface area contributed by atoms with E-state index in [-0.39, 0.29) is 18.4 Å². The Morgan fingerprint density at radius 1 is 1.06 bits per heavy atom. The number of carbonyl (C=O) groups excluding carboxylic acids is 1. The second-order valence-electron chi connectivity index (χ2n) is 9.49. The number of aliphatic carboxylic acids is 1. The minimum atomic E-state index is -0.811. The van der Waals surface area contributed by atoms with Crippen molar-refractivity contribution in [2.24, 2.45) is 0 Å². The number of nitrogens with zero attached hydrogens (tertiary/aromatic N) is 4. The van der Waals surface area contributed by atoms with Gasteiger partial charge in [-0.05, 0) is 42.9 Å². The van der Waals surface area contributed by atoms with Crippen LogP contribution in [0.1, 0.15) is 48.3 Å². The number of anilines is 1. The van der Waals surface area contributed by atoms with Gasteiger partial charge in [0.25, 0.3) is 0 Å². The van der Waals surface area contributed by atoms with E-state index in [1.807, 2.05) is 30.3 Å². The van der Waals surface area contributed by atoms with E-state index in [1.54, 1.807) is 4.90 Å². The molecule has 184 valence electrons. The topological polar surface area (TPSA) is 87.9 Å². The maximum Gasteiger partial charge on any atom is 0.409 e. The summed E-state index contributed by atoms with van der Waals surface area (Å²) in [4.78, 5) is 33.3. The standard InChI is InChI=1S/C27H32N4O4/c1-35-27(34)30-15-12-20-10-11-23-25(22(20)18-30)28-26(29-13-6-3-7-14-29)31(23)17-21(16-24(32)33)19-8-4-2-5-9-19/h2,4-5,8-11,21H,3,6-7,12-18H2,1H3,(H,32,33)/t21-/m1/s1. The lowest BCUT2D eigenvalue weighted by molar-refractivity contribution is -0.137. The first-order chi connectivity index (χ1) is 17.0. The van der Waals surface area contributed by atoms with Gasteiger partial charge in [-0.3, -0.25) is 4.79 Å². The summed E-state index contributed by atoms with van der Waals surface area (Å²) in [5.74, 6) is -0.0965. The van der Waals surface area contributed by atoms with Crippen molar-refractivity contribution in [3.63, 3.8) is 0 Å². The first-order valence-electron chi connectivity index (χ1n) is 12.4. The van der Waals surface area contributed by atoms with Crippen LogP contribution in [0.5, 0.6) is 0 Å². The van der Waals surface area contributed by atoms with E-state index in [0.717, 1.165) is 60.5 Å². The van der Waals surface area contributed by atoms with Gasteiger partial charge < -0.3 is 24.2 Å². The average molecular weight is 477 g/mol. The summed E-state index contributed by atoms with van der Waals surface area (Å²) in [7, 11) is 1.41. The molecule has 1 saturated heterocycles. The Morgan fingerprint density at radius 3 is 2.54 bits per heavy atom. The van der Waals surface area contributed by atoms with Crippen molar-refractivity contribution in [3.8, 4) is 0 Å². The monoisotopic (exact) mass is 476 g/mol. The molecule has 1 amide bonds. The summed E-state index contributed by atoms with van der Waals surface area (Å²) >= 11 is 0. The second-order valence-corrected chi connectivity index (χ2v) is 9.49. The molecule has 5 rings (SSSR count). The fraction of sp³-hybridized carbons (Fsp3) is 0.444. The summed E-state index contributed by atoms with van der Waals surface area (Å²) in [5.41, 5.74) is 5.17. The lowest BCUT2D eigenvalue weighted by Crippen LogP contribution is -2.35. The van der Waals surface area contributed by atoms with E-state index < -0.39 is 5.97 Å². The number of hydrogen-bond donors (Lipinski definition) is 1. The van der Waals surface area contributed by atoms with Crippen LogP contribution in [0, 0.1) is 0 Å². The van der Waals surface area contributed by atoms with Crippen molar-refractivity contribution < 1.29 is 19.4 Å². The molecule has 1 N–H and O–H groups in total. The summed E-state index contributed by atoms with van der Waals surface area (Å²) < 4.78 is 7.18. The molecule has 2 aliphatic rings. The molecule has 0 radical (unpaired) electrons. The number of hydrogen-bond acceptors (Lipinski definition) is 5. The zero-order valence-electron chi connectivity index (χ0n) is 20.2. The van der Waals surface area contributed by atoms with Crippen LogP contribution in [0.15, 0.2) is 42.5 Å². The van der Waals surface area contributed by atoms with Gasteiger partial charge in [-0.15, -0.1) is 0 Å². The SMILES string of the molecule is COC(=O)N1CCc2ccc3c(nc(N4CCCCC4)n3C[C@@H](CC(=O)O)c3ccccc3)c2C1. The van der Waals surface area contributed by atoms with Crippen LogP contribution in [0.3, 0.4) is 0 Å². The maximum atomic E-state index is 12.3.